The molecule has 0 unspecified atom stereocenters. The van der Waals surface area contributed by atoms with Gasteiger partial charge >= 0.3 is 6.09 Å². The van der Waals surface area contributed by atoms with Crippen molar-refractivity contribution in [2.45, 2.75) is 31.7 Å². The minimum atomic E-state index is -0.396. The lowest BCUT2D eigenvalue weighted by Gasteiger charge is -2.23. The van der Waals surface area contributed by atoms with Crippen LogP contribution in [0.1, 0.15) is 37.0 Å². The summed E-state index contributed by atoms with van der Waals surface area (Å²) in [6.07, 6.45) is 2.78. The quantitative estimate of drug-likeness (QED) is 0.761. The lowest BCUT2D eigenvalue weighted by atomic mass is 10.3. The second kappa shape index (κ2) is 6.99. The smallest absolute Gasteiger partial charge is 0.410 e. The predicted octanol–water partition coefficient (Wildman–Crippen LogP) is 0.434. The first-order chi connectivity index (χ1) is 12.2. The maximum absolute atomic E-state index is 12.4. The van der Waals surface area contributed by atoms with Crippen molar-refractivity contribution in [1.82, 2.24) is 24.9 Å². The van der Waals surface area contributed by atoms with Crippen LogP contribution in [0.2, 0.25) is 0 Å². The van der Waals surface area contributed by atoms with Gasteiger partial charge in [0.2, 0.25) is 17.7 Å². The zero-order valence-corrected chi connectivity index (χ0v) is 14.2. The van der Waals surface area contributed by atoms with E-state index in [-0.39, 0.29) is 12.5 Å². The molecule has 25 heavy (non-hydrogen) atoms. The third-order valence-corrected chi connectivity index (χ3v) is 4.88. The molecule has 0 bridgehead atoms. The van der Waals surface area contributed by atoms with Gasteiger partial charge in [0, 0.05) is 32.1 Å². The molecule has 2 aliphatic heterocycles. The van der Waals surface area contributed by atoms with Gasteiger partial charge in [0.15, 0.2) is 0 Å². The molecule has 1 aliphatic carbocycles. The Hall–Kier alpha value is -2.16. The molecule has 0 radical (unpaired) electrons. The summed E-state index contributed by atoms with van der Waals surface area (Å²) in [6.45, 7) is 4.58. The average Bonchev–Trinajstić information content (AvgIpc) is 3.29. The number of carbonyl (C=O) groups excluding carboxylic acids is 2. The summed E-state index contributed by atoms with van der Waals surface area (Å²) in [4.78, 5) is 29.4. The van der Waals surface area contributed by atoms with Crippen LogP contribution in [0.25, 0.3) is 0 Å². The van der Waals surface area contributed by atoms with E-state index in [1.165, 1.54) is 4.90 Å². The first-order valence-electron chi connectivity index (χ1n) is 8.93. The van der Waals surface area contributed by atoms with E-state index in [9.17, 15) is 9.59 Å². The Kier molecular flexibility index (Phi) is 4.56. The number of rotatable bonds is 5. The van der Waals surface area contributed by atoms with Crippen molar-refractivity contribution in [3.8, 4) is 0 Å². The Labute approximate surface area is 145 Å². The minimum absolute atomic E-state index is 0.0190. The van der Waals surface area contributed by atoms with Gasteiger partial charge < -0.3 is 14.1 Å². The van der Waals surface area contributed by atoms with E-state index in [0.717, 1.165) is 38.2 Å². The fourth-order valence-electron chi connectivity index (χ4n) is 3.23. The SMILES string of the molecule is O=C(CN1CCOC1=O)N1CCCN(Cc2nnc(C3CC3)o2)CC1. The molecule has 1 aromatic rings. The van der Waals surface area contributed by atoms with Crippen molar-refractivity contribution in [2.24, 2.45) is 0 Å². The molecule has 9 heteroatoms. The number of hydrogen-bond donors (Lipinski definition) is 0. The summed E-state index contributed by atoms with van der Waals surface area (Å²) in [7, 11) is 0. The number of aromatic nitrogens is 2. The van der Waals surface area contributed by atoms with Gasteiger partial charge in [-0.25, -0.2) is 4.79 Å². The van der Waals surface area contributed by atoms with Crippen molar-refractivity contribution < 1.29 is 18.7 Å². The van der Waals surface area contributed by atoms with E-state index >= 15 is 0 Å². The highest BCUT2D eigenvalue weighted by molar-refractivity contribution is 5.82. The highest BCUT2D eigenvalue weighted by atomic mass is 16.6. The fraction of sp³-hybridized carbons (Fsp3) is 0.750. The Morgan fingerprint density at radius 2 is 2.00 bits per heavy atom. The summed E-state index contributed by atoms with van der Waals surface area (Å²) in [5, 5.41) is 8.25. The molecule has 136 valence electrons. The maximum atomic E-state index is 12.4. The lowest BCUT2D eigenvalue weighted by Crippen LogP contribution is -2.42. The zero-order valence-electron chi connectivity index (χ0n) is 14.2. The number of amides is 2. The van der Waals surface area contributed by atoms with E-state index in [4.69, 9.17) is 9.15 Å². The van der Waals surface area contributed by atoms with Crippen LogP contribution in [0.15, 0.2) is 4.42 Å². The third-order valence-electron chi connectivity index (χ3n) is 4.88. The zero-order chi connectivity index (χ0) is 17.2. The topological polar surface area (TPSA) is 92.0 Å². The van der Waals surface area contributed by atoms with Crippen LogP contribution >= 0.6 is 0 Å². The van der Waals surface area contributed by atoms with Crippen LogP contribution in [0.3, 0.4) is 0 Å². The normalized spacial score (nSPS) is 22.2. The Balaban J connectivity index is 1.27. The summed E-state index contributed by atoms with van der Waals surface area (Å²) in [6, 6.07) is 0. The fourth-order valence-corrected chi connectivity index (χ4v) is 3.23. The van der Waals surface area contributed by atoms with Crippen LogP contribution in [0.4, 0.5) is 4.79 Å². The molecule has 1 saturated carbocycles. The second-order valence-electron chi connectivity index (χ2n) is 6.85. The van der Waals surface area contributed by atoms with Crippen LogP contribution in [-0.4, -0.2) is 82.8 Å². The Morgan fingerprint density at radius 3 is 2.76 bits per heavy atom. The Bertz CT molecular complexity index is 644. The van der Waals surface area contributed by atoms with Gasteiger partial charge in [0.1, 0.15) is 13.2 Å². The highest BCUT2D eigenvalue weighted by Gasteiger charge is 2.30. The molecule has 3 fully saturated rings. The van der Waals surface area contributed by atoms with E-state index in [2.05, 4.69) is 15.1 Å². The molecule has 0 aromatic carbocycles. The van der Waals surface area contributed by atoms with Gasteiger partial charge in [0.25, 0.3) is 0 Å². The number of cyclic esters (lactones) is 1. The molecule has 0 spiro atoms. The molecular formula is C16H23N5O4. The van der Waals surface area contributed by atoms with Crippen molar-refractivity contribution in [2.75, 3.05) is 45.9 Å². The minimum Gasteiger partial charge on any atom is -0.448 e. The monoisotopic (exact) mass is 349 g/mol. The van der Waals surface area contributed by atoms with Crippen LogP contribution in [0, 0.1) is 0 Å². The van der Waals surface area contributed by atoms with Gasteiger partial charge in [-0.2, -0.15) is 0 Å². The van der Waals surface area contributed by atoms with Gasteiger partial charge in [-0.1, -0.05) is 0 Å². The molecule has 1 aromatic heterocycles. The average molecular weight is 349 g/mol. The number of hydrogen-bond acceptors (Lipinski definition) is 7. The molecular weight excluding hydrogens is 326 g/mol. The standard InChI is InChI=1S/C16H23N5O4/c22-14(11-21-8-9-24-16(21)23)20-5-1-4-19(6-7-20)10-13-17-18-15(25-13)12-2-3-12/h12H,1-11H2. The Morgan fingerprint density at radius 1 is 1.12 bits per heavy atom. The van der Waals surface area contributed by atoms with Crippen molar-refractivity contribution >= 4 is 12.0 Å². The van der Waals surface area contributed by atoms with Crippen molar-refractivity contribution in [1.29, 1.82) is 0 Å². The predicted molar refractivity (Wildman–Crippen MR) is 85.7 cm³/mol. The van der Waals surface area contributed by atoms with Crippen LogP contribution in [-0.2, 0) is 16.1 Å². The maximum Gasteiger partial charge on any atom is 0.410 e. The molecule has 9 nitrogen and oxygen atoms in total. The van der Waals surface area contributed by atoms with Crippen molar-refractivity contribution in [3.63, 3.8) is 0 Å². The summed E-state index contributed by atoms with van der Waals surface area (Å²) in [5.74, 6) is 1.87. The molecule has 2 amide bonds. The first kappa shape index (κ1) is 16.3. The third kappa shape index (κ3) is 3.92. The van der Waals surface area contributed by atoms with Crippen molar-refractivity contribution in [3.05, 3.63) is 11.8 Å². The molecule has 3 heterocycles. The van der Waals surface area contributed by atoms with E-state index < -0.39 is 6.09 Å². The highest BCUT2D eigenvalue weighted by Crippen LogP contribution is 2.39. The number of carbonyl (C=O) groups is 2. The number of ether oxygens (including phenoxy) is 1. The van der Waals surface area contributed by atoms with E-state index in [0.29, 0.717) is 44.6 Å². The molecule has 0 N–H and O–H groups in total. The van der Waals surface area contributed by atoms with Crippen LogP contribution < -0.4 is 0 Å². The summed E-state index contributed by atoms with van der Waals surface area (Å²) >= 11 is 0. The molecule has 0 atom stereocenters. The lowest BCUT2D eigenvalue weighted by molar-refractivity contribution is -0.131. The molecule has 4 rings (SSSR count). The number of nitrogens with zero attached hydrogens (tertiary/aromatic N) is 5. The van der Waals surface area contributed by atoms with Gasteiger partial charge in [-0.3, -0.25) is 14.6 Å². The first-order valence-corrected chi connectivity index (χ1v) is 8.93. The van der Waals surface area contributed by atoms with Gasteiger partial charge in [-0.05, 0) is 19.3 Å². The molecule has 3 aliphatic rings. The van der Waals surface area contributed by atoms with E-state index in [1.807, 2.05) is 4.90 Å². The van der Waals surface area contributed by atoms with Crippen LogP contribution in [0.5, 0.6) is 0 Å². The summed E-state index contributed by atoms with van der Waals surface area (Å²) in [5.41, 5.74) is 0. The van der Waals surface area contributed by atoms with Gasteiger partial charge in [0.05, 0.1) is 13.1 Å². The van der Waals surface area contributed by atoms with Gasteiger partial charge in [-0.15, -0.1) is 10.2 Å². The second-order valence-corrected chi connectivity index (χ2v) is 6.85. The van der Waals surface area contributed by atoms with E-state index in [1.54, 1.807) is 0 Å². The largest absolute Gasteiger partial charge is 0.448 e. The summed E-state index contributed by atoms with van der Waals surface area (Å²) < 4.78 is 10.6. The molecule has 2 saturated heterocycles.